The van der Waals surface area contributed by atoms with Crippen molar-refractivity contribution in [3.05, 3.63) is 24.2 Å². The van der Waals surface area contributed by atoms with Crippen molar-refractivity contribution in [3.8, 4) is 0 Å². The normalized spacial score (nSPS) is 23.4. The number of hydrogen-bond donors (Lipinski definition) is 0. The molecule has 17 heavy (non-hydrogen) atoms. The van der Waals surface area contributed by atoms with Gasteiger partial charge in [0.25, 0.3) is 5.91 Å². The van der Waals surface area contributed by atoms with E-state index in [2.05, 4.69) is 0 Å². The van der Waals surface area contributed by atoms with Gasteiger partial charge in [0.15, 0.2) is 4.84 Å². The standard InChI is InChI=1S/C11H13Cl2NO3/c1-11(2)14(10(15)9(12)13)6-8(17-11)7-4-3-5-16-7/h3-5,8-9H,6H2,1-2H3/i6+1. The fraction of sp³-hybridized carbons (Fsp3) is 0.545. The molecule has 1 saturated heterocycles. The molecular formula is C11H13Cl2NO3. The Bertz CT molecular complexity index is 403. The highest BCUT2D eigenvalue weighted by Gasteiger charge is 2.44. The molecule has 0 radical (unpaired) electrons. The predicted octanol–water partition coefficient (Wildman–Crippen LogP) is 2.72. The maximum atomic E-state index is 11.8. The molecule has 4 nitrogen and oxygen atoms in total. The summed E-state index contributed by atoms with van der Waals surface area (Å²) in [5, 5.41) is 0. The molecule has 0 bridgehead atoms. The molecule has 1 aliphatic heterocycles. The number of amides is 1. The lowest BCUT2D eigenvalue weighted by Gasteiger charge is -2.29. The van der Waals surface area contributed by atoms with Crippen LogP contribution in [0.4, 0.5) is 0 Å². The Labute approximate surface area is 109 Å². The van der Waals surface area contributed by atoms with Crippen molar-refractivity contribution >= 4 is 29.1 Å². The summed E-state index contributed by atoms with van der Waals surface area (Å²) in [6, 6.07) is 3.59. The maximum Gasteiger partial charge on any atom is 0.258 e. The number of ether oxygens (including phenoxy) is 1. The highest BCUT2D eigenvalue weighted by Crippen LogP contribution is 2.36. The molecular weight excluding hydrogens is 266 g/mol. The number of halogens is 2. The first-order valence-corrected chi connectivity index (χ1v) is 6.10. The fourth-order valence-electron chi connectivity index (χ4n) is 1.93. The van der Waals surface area contributed by atoms with E-state index in [0.717, 1.165) is 0 Å². The summed E-state index contributed by atoms with van der Waals surface area (Å²) in [5.74, 6) is 0.335. The molecule has 1 atom stereocenters. The van der Waals surface area contributed by atoms with Crippen molar-refractivity contribution in [2.24, 2.45) is 0 Å². The lowest BCUT2D eigenvalue weighted by atomic mass is 10.3. The van der Waals surface area contributed by atoms with E-state index in [9.17, 15) is 4.79 Å². The molecule has 1 amide bonds. The minimum Gasteiger partial charge on any atom is -0.467 e. The Balaban J connectivity index is 2.18. The van der Waals surface area contributed by atoms with Gasteiger partial charge in [0.1, 0.15) is 17.6 Å². The molecule has 6 heteroatoms. The van der Waals surface area contributed by atoms with E-state index in [4.69, 9.17) is 32.4 Å². The van der Waals surface area contributed by atoms with E-state index in [-0.39, 0.29) is 12.0 Å². The summed E-state index contributed by atoms with van der Waals surface area (Å²) in [6.07, 6.45) is 1.29. The molecule has 0 aromatic carbocycles. The first-order valence-electron chi connectivity index (χ1n) is 5.22. The molecule has 0 N–H and O–H groups in total. The second kappa shape index (κ2) is 4.52. The van der Waals surface area contributed by atoms with Crippen LogP contribution in [0.1, 0.15) is 25.7 Å². The monoisotopic (exact) mass is 278 g/mol. The van der Waals surface area contributed by atoms with Crippen LogP contribution in [0.25, 0.3) is 0 Å². The lowest BCUT2D eigenvalue weighted by Crippen LogP contribution is -2.45. The number of carbonyl (C=O) groups excluding carboxylic acids is 1. The van der Waals surface area contributed by atoms with E-state index < -0.39 is 10.6 Å². The molecule has 2 rings (SSSR count). The van der Waals surface area contributed by atoms with Gasteiger partial charge in [0, 0.05) is 0 Å². The van der Waals surface area contributed by atoms with Crippen LogP contribution in [0.3, 0.4) is 0 Å². The topological polar surface area (TPSA) is 42.7 Å². The molecule has 0 saturated carbocycles. The van der Waals surface area contributed by atoms with Crippen molar-refractivity contribution in [2.75, 3.05) is 6.54 Å². The highest BCUT2D eigenvalue weighted by molar-refractivity contribution is 6.53. The summed E-state index contributed by atoms with van der Waals surface area (Å²) >= 11 is 11.2. The third-order valence-corrected chi connectivity index (χ3v) is 3.12. The number of carbonyl (C=O) groups is 1. The molecule has 1 fully saturated rings. The van der Waals surface area contributed by atoms with Crippen molar-refractivity contribution in [1.82, 2.24) is 4.90 Å². The lowest BCUT2D eigenvalue weighted by molar-refractivity contribution is -0.144. The van der Waals surface area contributed by atoms with Crippen molar-refractivity contribution < 1.29 is 13.9 Å². The average Bonchev–Trinajstić information content (AvgIpc) is 2.83. The van der Waals surface area contributed by atoms with Gasteiger partial charge >= 0.3 is 0 Å². The minimum atomic E-state index is -1.08. The Morgan fingerprint density at radius 3 is 2.82 bits per heavy atom. The molecule has 1 aliphatic rings. The third-order valence-electron chi connectivity index (χ3n) is 2.74. The van der Waals surface area contributed by atoms with Gasteiger partial charge in [-0.25, -0.2) is 0 Å². The van der Waals surface area contributed by atoms with Crippen LogP contribution < -0.4 is 0 Å². The summed E-state index contributed by atoms with van der Waals surface area (Å²) in [4.78, 5) is 12.3. The van der Waals surface area contributed by atoms with Crippen LogP contribution in [0.15, 0.2) is 22.8 Å². The summed E-state index contributed by atoms with van der Waals surface area (Å²) in [7, 11) is 0. The predicted molar refractivity (Wildman–Crippen MR) is 63.8 cm³/mol. The van der Waals surface area contributed by atoms with Gasteiger partial charge < -0.3 is 14.1 Å². The highest BCUT2D eigenvalue weighted by atomic mass is 35.5. The zero-order chi connectivity index (χ0) is 12.6. The molecule has 1 aromatic rings. The Hall–Kier alpha value is -0.710. The Morgan fingerprint density at radius 1 is 1.59 bits per heavy atom. The van der Waals surface area contributed by atoms with Gasteiger partial charge in [0.05, 0.1) is 12.8 Å². The molecule has 0 aliphatic carbocycles. The number of rotatable bonds is 2. The Kier molecular flexibility index (Phi) is 3.39. The van der Waals surface area contributed by atoms with Gasteiger partial charge in [-0.05, 0) is 26.0 Å². The molecule has 1 aromatic heterocycles. The zero-order valence-corrected chi connectivity index (χ0v) is 11.0. The van der Waals surface area contributed by atoms with Gasteiger partial charge in [-0.2, -0.15) is 0 Å². The SMILES string of the molecule is CC1(C)OC(c2ccco2)[13CH2]N1C(=O)C(Cl)Cl. The minimum absolute atomic E-state index is 0.281. The van der Waals surface area contributed by atoms with E-state index in [1.807, 2.05) is 6.07 Å². The number of hydrogen-bond acceptors (Lipinski definition) is 3. The number of nitrogens with zero attached hydrogens (tertiary/aromatic N) is 1. The largest absolute Gasteiger partial charge is 0.467 e. The van der Waals surface area contributed by atoms with Crippen molar-refractivity contribution in [1.29, 1.82) is 0 Å². The maximum absolute atomic E-state index is 11.8. The van der Waals surface area contributed by atoms with Crippen molar-refractivity contribution in [2.45, 2.75) is 30.5 Å². The van der Waals surface area contributed by atoms with Crippen LogP contribution in [0.2, 0.25) is 0 Å². The molecule has 0 spiro atoms. The Morgan fingerprint density at radius 2 is 2.29 bits per heavy atom. The smallest absolute Gasteiger partial charge is 0.258 e. The number of furan rings is 1. The van der Waals surface area contributed by atoms with Crippen LogP contribution in [-0.2, 0) is 9.53 Å². The van der Waals surface area contributed by atoms with Crippen LogP contribution in [0, 0.1) is 0 Å². The first-order chi connectivity index (χ1) is 7.92. The fourth-order valence-corrected chi connectivity index (χ4v) is 2.17. The van der Waals surface area contributed by atoms with E-state index in [1.165, 1.54) is 4.90 Å². The summed E-state index contributed by atoms with van der Waals surface area (Å²) in [6.45, 7) is 3.98. The van der Waals surface area contributed by atoms with Gasteiger partial charge in [0.2, 0.25) is 0 Å². The summed E-state index contributed by atoms with van der Waals surface area (Å²) < 4.78 is 11.0. The van der Waals surface area contributed by atoms with Crippen LogP contribution in [0.5, 0.6) is 0 Å². The number of alkyl halides is 2. The van der Waals surface area contributed by atoms with Crippen LogP contribution >= 0.6 is 23.2 Å². The molecule has 2 heterocycles. The van der Waals surface area contributed by atoms with E-state index in [0.29, 0.717) is 12.3 Å². The van der Waals surface area contributed by atoms with Gasteiger partial charge in [-0.1, -0.05) is 23.2 Å². The third kappa shape index (κ3) is 2.44. The first kappa shape index (κ1) is 12.7. The second-order valence-corrected chi connectivity index (χ2v) is 5.41. The van der Waals surface area contributed by atoms with Gasteiger partial charge in [-0.3, -0.25) is 4.79 Å². The van der Waals surface area contributed by atoms with E-state index >= 15 is 0 Å². The van der Waals surface area contributed by atoms with E-state index in [1.54, 1.807) is 26.2 Å². The molecule has 1 unspecified atom stereocenters. The average molecular weight is 279 g/mol. The van der Waals surface area contributed by atoms with Gasteiger partial charge in [-0.15, -0.1) is 0 Å². The zero-order valence-electron chi connectivity index (χ0n) is 9.52. The van der Waals surface area contributed by atoms with Crippen molar-refractivity contribution in [3.63, 3.8) is 0 Å². The second-order valence-electron chi connectivity index (χ2n) is 4.32. The van der Waals surface area contributed by atoms with Crippen LogP contribution in [-0.4, -0.2) is 27.9 Å². The molecule has 94 valence electrons. The summed E-state index contributed by atoms with van der Waals surface area (Å²) in [5.41, 5.74) is -0.740. The quantitative estimate of drug-likeness (QED) is 0.617.